The summed E-state index contributed by atoms with van der Waals surface area (Å²) in [6.45, 7) is 3.89. The number of carbonyl (C=O) groups is 1. The zero-order valence-electron chi connectivity index (χ0n) is 12.0. The summed E-state index contributed by atoms with van der Waals surface area (Å²) >= 11 is 6.16. The Morgan fingerprint density at radius 2 is 2.00 bits per heavy atom. The number of nitrogens with zero attached hydrogens (tertiary/aromatic N) is 1. The number of halogens is 1. The Morgan fingerprint density at radius 1 is 1.35 bits per heavy atom. The van der Waals surface area contributed by atoms with Gasteiger partial charge in [-0.2, -0.15) is 0 Å². The molecule has 1 aromatic carbocycles. The van der Waals surface area contributed by atoms with E-state index in [1.54, 1.807) is 6.08 Å². The molecule has 1 aliphatic rings. The summed E-state index contributed by atoms with van der Waals surface area (Å²) in [6.07, 6.45) is 3.71. The minimum Gasteiger partial charge on any atom is -0.339 e. The number of carbonyl (C=O) groups excluding carboxylic acids is 1. The number of likely N-dealkylation sites (N-methyl/N-ethyl adjacent to an activating group) is 1. The van der Waals surface area contributed by atoms with Crippen molar-refractivity contribution in [3.63, 3.8) is 0 Å². The fourth-order valence-corrected chi connectivity index (χ4v) is 2.80. The summed E-state index contributed by atoms with van der Waals surface area (Å²) in [7, 11) is 1.88. The zero-order chi connectivity index (χ0) is 14.5. The number of amides is 1. The van der Waals surface area contributed by atoms with Crippen LogP contribution in [0.4, 0.5) is 0 Å². The molecule has 108 valence electrons. The molecular formula is C16H21ClN2O. The molecule has 4 heteroatoms. The van der Waals surface area contributed by atoms with E-state index < -0.39 is 0 Å². The normalized spacial score (nSPS) is 17.1. The molecule has 1 saturated heterocycles. The molecule has 3 nitrogen and oxygen atoms in total. The molecule has 0 atom stereocenters. The number of hydrogen-bond acceptors (Lipinski definition) is 2. The van der Waals surface area contributed by atoms with Crippen LogP contribution in [0.15, 0.2) is 30.3 Å². The Balaban J connectivity index is 2.09. The molecule has 2 rings (SSSR count). The Bertz CT molecular complexity index is 507. The summed E-state index contributed by atoms with van der Waals surface area (Å²) in [5.41, 5.74) is 1.82. The van der Waals surface area contributed by atoms with E-state index in [-0.39, 0.29) is 5.91 Å². The third-order valence-electron chi connectivity index (χ3n) is 3.84. The van der Waals surface area contributed by atoms with Crippen molar-refractivity contribution in [2.75, 3.05) is 20.1 Å². The van der Waals surface area contributed by atoms with Crippen LogP contribution in [0.2, 0.25) is 5.02 Å². The van der Waals surface area contributed by atoms with Crippen molar-refractivity contribution in [1.82, 2.24) is 10.2 Å². The van der Waals surface area contributed by atoms with Gasteiger partial charge >= 0.3 is 0 Å². The summed E-state index contributed by atoms with van der Waals surface area (Å²) in [4.78, 5) is 14.2. The van der Waals surface area contributed by atoms with Crippen molar-refractivity contribution in [1.29, 1.82) is 0 Å². The highest BCUT2D eigenvalue weighted by Gasteiger charge is 2.20. The van der Waals surface area contributed by atoms with Gasteiger partial charge in [-0.05, 0) is 50.1 Å². The van der Waals surface area contributed by atoms with E-state index >= 15 is 0 Å². The van der Waals surface area contributed by atoms with Gasteiger partial charge in [0.05, 0.1) is 0 Å². The van der Waals surface area contributed by atoms with Gasteiger partial charge in [-0.1, -0.05) is 29.8 Å². The predicted octanol–water partition coefficient (Wildman–Crippen LogP) is 2.95. The molecular weight excluding hydrogens is 272 g/mol. The first-order chi connectivity index (χ1) is 9.59. The van der Waals surface area contributed by atoms with Crippen molar-refractivity contribution in [3.8, 4) is 0 Å². The van der Waals surface area contributed by atoms with Crippen molar-refractivity contribution in [3.05, 3.63) is 40.9 Å². The van der Waals surface area contributed by atoms with Gasteiger partial charge in [0.2, 0.25) is 5.91 Å². The molecule has 0 bridgehead atoms. The number of allylic oxidation sites excluding steroid dienone is 1. The topological polar surface area (TPSA) is 32.3 Å². The third kappa shape index (κ3) is 3.62. The second-order valence-corrected chi connectivity index (χ2v) is 5.64. The van der Waals surface area contributed by atoms with Crippen LogP contribution < -0.4 is 5.32 Å². The third-order valence-corrected chi connectivity index (χ3v) is 4.17. The zero-order valence-corrected chi connectivity index (χ0v) is 12.8. The van der Waals surface area contributed by atoms with Crippen molar-refractivity contribution < 1.29 is 4.79 Å². The van der Waals surface area contributed by atoms with E-state index in [1.165, 1.54) is 0 Å². The molecule has 1 fully saturated rings. The van der Waals surface area contributed by atoms with Crippen LogP contribution in [0.5, 0.6) is 0 Å². The number of benzene rings is 1. The first-order valence-corrected chi connectivity index (χ1v) is 7.38. The van der Waals surface area contributed by atoms with E-state index in [2.05, 4.69) is 5.32 Å². The monoisotopic (exact) mass is 292 g/mol. The largest absolute Gasteiger partial charge is 0.339 e. The maximum Gasteiger partial charge on any atom is 0.246 e. The lowest BCUT2D eigenvalue weighted by Crippen LogP contribution is -2.43. The second kappa shape index (κ2) is 6.91. The minimum absolute atomic E-state index is 0.0503. The first kappa shape index (κ1) is 15.1. The number of hydrogen-bond donors (Lipinski definition) is 1. The molecule has 1 aliphatic heterocycles. The van der Waals surface area contributed by atoms with E-state index in [0.29, 0.717) is 11.1 Å². The lowest BCUT2D eigenvalue weighted by atomic mass is 10.0. The van der Waals surface area contributed by atoms with Crippen LogP contribution >= 0.6 is 11.6 Å². The number of nitrogens with one attached hydrogen (secondary N) is 1. The molecule has 1 heterocycles. The summed E-state index contributed by atoms with van der Waals surface area (Å²) in [5.74, 6) is 0.0503. The van der Waals surface area contributed by atoms with E-state index in [1.807, 2.05) is 43.1 Å². The maximum absolute atomic E-state index is 12.3. The Kier molecular flexibility index (Phi) is 5.21. The second-order valence-electron chi connectivity index (χ2n) is 5.24. The first-order valence-electron chi connectivity index (χ1n) is 7.00. The Labute approximate surface area is 125 Å². The molecule has 0 saturated carbocycles. The highest BCUT2D eigenvalue weighted by molar-refractivity contribution is 6.32. The number of rotatable bonds is 3. The summed E-state index contributed by atoms with van der Waals surface area (Å²) in [5, 5.41) is 3.99. The summed E-state index contributed by atoms with van der Waals surface area (Å²) < 4.78 is 0. The molecule has 1 amide bonds. The van der Waals surface area contributed by atoms with E-state index in [9.17, 15) is 4.79 Å². The maximum atomic E-state index is 12.3. The van der Waals surface area contributed by atoms with Gasteiger partial charge < -0.3 is 10.2 Å². The summed E-state index contributed by atoms with van der Waals surface area (Å²) in [6, 6.07) is 7.93. The van der Waals surface area contributed by atoms with Crippen molar-refractivity contribution in [2.45, 2.75) is 25.8 Å². The standard InChI is InChI=1S/C16H21ClN2O/c1-12(14-5-3-4-6-15(14)17)11-16(20)19(2)13-7-9-18-10-8-13/h3-6,11,13,18H,7-10H2,1-2H3/b12-11-. The van der Waals surface area contributed by atoms with E-state index in [4.69, 9.17) is 11.6 Å². The quantitative estimate of drug-likeness (QED) is 0.869. The average Bonchev–Trinajstić information content (AvgIpc) is 2.47. The SMILES string of the molecule is C/C(=C/C(=O)N(C)C1CCNCC1)c1ccccc1Cl. The molecule has 1 N–H and O–H groups in total. The smallest absolute Gasteiger partial charge is 0.246 e. The predicted molar refractivity (Wildman–Crippen MR) is 83.8 cm³/mol. The molecule has 0 radical (unpaired) electrons. The van der Waals surface area contributed by atoms with Gasteiger partial charge in [-0.25, -0.2) is 0 Å². The fraction of sp³-hybridized carbons (Fsp3) is 0.438. The van der Waals surface area contributed by atoms with Gasteiger partial charge in [0, 0.05) is 24.2 Å². The lowest BCUT2D eigenvalue weighted by Gasteiger charge is -2.31. The van der Waals surface area contributed by atoms with Crippen LogP contribution in [0, 0.1) is 0 Å². The highest BCUT2D eigenvalue weighted by atomic mass is 35.5. The van der Waals surface area contributed by atoms with Gasteiger partial charge in [0.25, 0.3) is 0 Å². The van der Waals surface area contributed by atoms with Gasteiger partial charge in [0.15, 0.2) is 0 Å². The van der Waals surface area contributed by atoms with Crippen LogP contribution in [0.1, 0.15) is 25.3 Å². The van der Waals surface area contributed by atoms with Crippen molar-refractivity contribution >= 4 is 23.1 Å². The molecule has 0 spiro atoms. The molecule has 1 aromatic rings. The minimum atomic E-state index is 0.0503. The molecule has 0 aromatic heterocycles. The molecule has 0 unspecified atom stereocenters. The van der Waals surface area contributed by atoms with Gasteiger partial charge in [-0.15, -0.1) is 0 Å². The van der Waals surface area contributed by atoms with Crippen LogP contribution in [-0.4, -0.2) is 37.0 Å². The van der Waals surface area contributed by atoms with E-state index in [0.717, 1.165) is 37.1 Å². The van der Waals surface area contributed by atoms with Crippen LogP contribution in [-0.2, 0) is 4.79 Å². The molecule has 20 heavy (non-hydrogen) atoms. The van der Waals surface area contributed by atoms with Crippen LogP contribution in [0.25, 0.3) is 5.57 Å². The average molecular weight is 293 g/mol. The van der Waals surface area contributed by atoms with Crippen molar-refractivity contribution in [2.24, 2.45) is 0 Å². The Hall–Kier alpha value is -1.32. The van der Waals surface area contributed by atoms with Crippen LogP contribution in [0.3, 0.4) is 0 Å². The fourth-order valence-electron chi connectivity index (χ4n) is 2.52. The highest BCUT2D eigenvalue weighted by Crippen LogP contribution is 2.23. The molecule has 0 aliphatic carbocycles. The van der Waals surface area contributed by atoms with Gasteiger partial charge in [0.1, 0.15) is 0 Å². The number of piperidine rings is 1. The lowest BCUT2D eigenvalue weighted by molar-refractivity contribution is -0.127. The van der Waals surface area contributed by atoms with Gasteiger partial charge in [-0.3, -0.25) is 4.79 Å². The Morgan fingerprint density at radius 3 is 2.65 bits per heavy atom.